The van der Waals surface area contributed by atoms with Crippen molar-refractivity contribution < 1.29 is 13.5 Å². The lowest BCUT2D eigenvalue weighted by molar-refractivity contribution is 0.295. The van der Waals surface area contributed by atoms with Crippen molar-refractivity contribution >= 4 is 0 Å². The number of hydrogen-bond acceptors (Lipinski definition) is 1. The Hall–Kier alpha value is -1.12. The van der Waals surface area contributed by atoms with E-state index in [0.29, 0.717) is 5.75 Å². The van der Waals surface area contributed by atoms with Crippen LogP contribution in [0, 0.1) is 11.6 Å². The molecule has 15 heavy (non-hydrogen) atoms. The van der Waals surface area contributed by atoms with E-state index in [-0.39, 0.29) is 12.0 Å². The SMILES string of the molecule is CC(C)c1cc(F)c(F)cc1OC1CC1. The minimum atomic E-state index is -0.838. The number of ether oxygens (including phenoxy) is 1. The van der Waals surface area contributed by atoms with Gasteiger partial charge < -0.3 is 4.74 Å². The van der Waals surface area contributed by atoms with Gasteiger partial charge in [0.25, 0.3) is 0 Å². The lowest BCUT2D eigenvalue weighted by Gasteiger charge is -2.14. The molecule has 1 aromatic rings. The van der Waals surface area contributed by atoms with Crippen LogP contribution in [0.4, 0.5) is 8.78 Å². The van der Waals surface area contributed by atoms with E-state index in [2.05, 4.69) is 0 Å². The van der Waals surface area contributed by atoms with Crippen LogP contribution < -0.4 is 4.74 Å². The van der Waals surface area contributed by atoms with Gasteiger partial charge in [0.1, 0.15) is 5.75 Å². The molecule has 1 aliphatic rings. The summed E-state index contributed by atoms with van der Waals surface area (Å²) in [6, 6.07) is 2.39. The molecule has 0 bridgehead atoms. The van der Waals surface area contributed by atoms with Crippen molar-refractivity contribution in [2.24, 2.45) is 0 Å². The zero-order chi connectivity index (χ0) is 11.0. The Bertz CT molecular complexity index is 370. The summed E-state index contributed by atoms with van der Waals surface area (Å²) in [5.41, 5.74) is 0.737. The molecule has 0 amide bonds. The molecule has 0 atom stereocenters. The van der Waals surface area contributed by atoms with E-state index in [9.17, 15) is 8.78 Å². The summed E-state index contributed by atoms with van der Waals surface area (Å²) in [7, 11) is 0. The Morgan fingerprint density at radius 1 is 1.20 bits per heavy atom. The number of benzene rings is 1. The second-order valence-electron chi connectivity index (χ2n) is 4.28. The molecular weight excluding hydrogens is 198 g/mol. The molecule has 1 saturated carbocycles. The summed E-state index contributed by atoms with van der Waals surface area (Å²) in [6.45, 7) is 3.87. The third-order valence-corrected chi connectivity index (χ3v) is 2.49. The molecule has 0 aliphatic heterocycles. The van der Waals surface area contributed by atoms with Gasteiger partial charge in [-0.25, -0.2) is 8.78 Å². The van der Waals surface area contributed by atoms with Crippen LogP contribution in [0.3, 0.4) is 0 Å². The fourth-order valence-electron chi connectivity index (χ4n) is 1.46. The van der Waals surface area contributed by atoms with Crippen molar-refractivity contribution in [2.75, 3.05) is 0 Å². The highest BCUT2D eigenvalue weighted by atomic mass is 19.2. The first-order valence-corrected chi connectivity index (χ1v) is 5.23. The van der Waals surface area contributed by atoms with Gasteiger partial charge in [-0.1, -0.05) is 13.8 Å². The van der Waals surface area contributed by atoms with Gasteiger partial charge in [0, 0.05) is 6.07 Å². The maximum absolute atomic E-state index is 13.0. The van der Waals surface area contributed by atoms with Crippen LogP contribution in [0.1, 0.15) is 38.2 Å². The van der Waals surface area contributed by atoms with Gasteiger partial charge in [0.2, 0.25) is 0 Å². The highest BCUT2D eigenvalue weighted by Gasteiger charge is 2.25. The molecule has 1 aliphatic carbocycles. The van der Waals surface area contributed by atoms with Crippen molar-refractivity contribution in [3.05, 3.63) is 29.3 Å². The smallest absolute Gasteiger partial charge is 0.162 e. The lowest BCUT2D eigenvalue weighted by Crippen LogP contribution is -2.03. The average molecular weight is 212 g/mol. The van der Waals surface area contributed by atoms with Gasteiger partial charge in [0.05, 0.1) is 6.10 Å². The van der Waals surface area contributed by atoms with Crippen molar-refractivity contribution in [2.45, 2.75) is 38.7 Å². The van der Waals surface area contributed by atoms with Crippen LogP contribution in [0.2, 0.25) is 0 Å². The van der Waals surface area contributed by atoms with E-state index in [1.807, 2.05) is 13.8 Å². The molecule has 2 rings (SSSR count). The predicted octanol–water partition coefficient (Wildman–Crippen LogP) is 3.63. The van der Waals surface area contributed by atoms with Gasteiger partial charge >= 0.3 is 0 Å². The second-order valence-corrected chi connectivity index (χ2v) is 4.28. The summed E-state index contributed by atoms with van der Waals surface area (Å²) in [6.07, 6.45) is 2.22. The summed E-state index contributed by atoms with van der Waals surface area (Å²) >= 11 is 0. The zero-order valence-electron chi connectivity index (χ0n) is 8.89. The Kier molecular flexibility index (Phi) is 2.63. The Morgan fingerprint density at radius 2 is 1.80 bits per heavy atom. The molecule has 0 saturated heterocycles. The Morgan fingerprint density at radius 3 is 2.33 bits per heavy atom. The molecule has 1 aromatic carbocycles. The predicted molar refractivity (Wildman–Crippen MR) is 54.1 cm³/mol. The van der Waals surface area contributed by atoms with Crippen molar-refractivity contribution in [3.63, 3.8) is 0 Å². The Balaban J connectivity index is 2.34. The van der Waals surface area contributed by atoms with Gasteiger partial charge in [-0.2, -0.15) is 0 Å². The van der Waals surface area contributed by atoms with E-state index >= 15 is 0 Å². The van der Waals surface area contributed by atoms with Crippen molar-refractivity contribution in [1.29, 1.82) is 0 Å². The summed E-state index contributed by atoms with van der Waals surface area (Å²) in [5, 5.41) is 0. The Labute approximate surface area is 88.1 Å². The minimum Gasteiger partial charge on any atom is -0.490 e. The van der Waals surface area contributed by atoms with Crippen molar-refractivity contribution in [1.82, 2.24) is 0 Å². The van der Waals surface area contributed by atoms with E-state index < -0.39 is 11.6 Å². The average Bonchev–Trinajstić information content (AvgIpc) is 2.94. The van der Waals surface area contributed by atoms with Gasteiger partial charge in [0.15, 0.2) is 11.6 Å². The third kappa shape index (κ3) is 2.28. The van der Waals surface area contributed by atoms with Crippen LogP contribution in [0.15, 0.2) is 12.1 Å². The van der Waals surface area contributed by atoms with Crippen LogP contribution >= 0.6 is 0 Å². The van der Waals surface area contributed by atoms with E-state index in [0.717, 1.165) is 24.5 Å². The standard InChI is InChI=1S/C12H14F2O/c1-7(2)9-5-10(13)11(14)6-12(9)15-8-3-4-8/h5-8H,3-4H2,1-2H3. The quantitative estimate of drug-likeness (QED) is 0.743. The largest absolute Gasteiger partial charge is 0.490 e. The monoisotopic (exact) mass is 212 g/mol. The lowest BCUT2D eigenvalue weighted by atomic mass is 10.0. The van der Waals surface area contributed by atoms with Crippen LogP contribution in [0.5, 0.6) is 5.75 Å². The first-order chi connectivity index (χ1) is 7.08. The number of hydrogen-bond donors (Lipinski definition) is 0. The fraction of sp³-hybridized carbons (Fsp3) is 0.500. The number of rotatable bonds is 3. The molecule has 0 aromatic heterocycles. The summed E-state index contributed by atoms with van der Waals surface area (Å²) in [5.74, 6) is -1.02. The summed E-state index contributed by atoms with van der Waals surface area (Å²) in [4.78, 5) is 0. The molecule has 0 spiro atoms. The van der Waals surface area contributed by atoms with Gasteiger partial charge in [-0.15, -0.1) is 0 Å². The topological polar surface area (TPSA) is 9.23 Å². The van der Waals surface area contributed by atoms with Crippen LogP contribution in [-0.2, 0) is 0 Å². The maximum Gasteiger partial charge on any atom is 0.162 e. The first-order valence-electron chi connectivity index (χ1n) is 5.23. The molecule has 0 unspecified atom stereocenters. The molecule has 1 fully saturated rings. The molecule has 0 heterocycles. The van der Waals surface area contributed by atoms with Crippen LogP contribution in [-0.4, -0.2) is 6.10 Å². The zero-order valence-corrected chi connectivity index (χ0v) is 8.89. The van der Waals surface area contributed by atoms with E-state index in [1.54, 1.807) is 0 Å². The second kappa shape index (κ2) is 3.80. The minimum absolute atomic E-state index is 0.133. The van der Waals surface area contributed by atoms with Crippen LogP contribution in [0.25, 0.3) is 0 Å². The van der Waals surface area contributed by atoms with Crippen molar-refractivity contribution in [3.8, 4) is 5.75 Å². The summed E-state index contributed by atoms with van der Waals surface area (Å²) < 4.78 is 31.6. The molecule has 82 valence electrons. The molecular formula is C12H14F2O. The fourth-order valence-corrected chi connectivity index (χ4v) is 1.46. The first kappa shape index (κ1) is 10.4. The van der Waals surface area contributed by atoms with E-state index in [1.165, 1.54) is 6.07 Å². The number of halogens is 2. The van der Waals surface area contributed by atoms with E-state index in [4.69, 9.17) is 4.74 Å². The van der Waals surface area contributed by atoms with Gasteiger partial charge in [-0.05, 0) is 30.4 Å². The molecule has 1 nitrogen and oxygen atoms in total. The molecule has 3 heteroatoms. The highest BCUT2D eigenvalue weighted by Crippen LogP contribution is 2.33. The molecule has 0 N–H and O–H groups in total. The highest BCUT2D eigenvalue weighted by molar-refractivity contribution is 5.37. The normalized spacial score (nSPS) is 15.8. The maximum atomic E-state index is 13.0. The van der Waals surface area contributed by atoms with Gasteiger partial charge in [-0.3, -0.25) is 0 Å². The third-order valence-electron chi connectivity index (χ3n) is 2.49. The molecule has 0 radical (unpaired) electrons.